The fourth-order valence-corrected chi connectivity index (χ4v) is 4.22. The van der Waals surface area contributed by atoms with E-state index in [9.17, 15) is 9.59 Å². The molecule has 0 aliphatic heterocycles. The molecule has 174 valence electrons. The van der Waals surface area contributed by atoms with Crippen molar-refractivity contribution in [1.29, 1.82) is 0 Å². The summed E-state index contributed by atoms with van der Waals surface area (Å²) in [5, 5.41) is 0. The Kier molecular flexibility index (Phi) is 4.93. The minimum Gasteiger partial charge on any atom is -0.495 e. The van der Waals surface area contributed by atoms with Gasteiger partial charge in [0, 0.05) is 25.9 Å². The molecule has 0 amide bonds. The van der Waals surface area contributed by atoms with Crippen LogP contribution in [0, 0.1) is 0 Å². The van der Waals surface area contributed by atoms with Crippen LogP contribution in [0.3, 0.4) is 0 Å². The smallest absolute Gasteiger partial charge is 0.332 e. The first-order valence-electron chi connectivity index (χ1n) is 10.5. The summed E-state index contributed by atoms with van der Waals surface area (Å²) < 4.78 is 22.6. The van der Waals surface area contributed by atoms with Gasteiger partial charge in [-0.3, -0.25) is 22.9 Å². The number of methoxy groups -OCH3 is 3. The lowest BCUT2D eigenvalue weighted by Crippen LogP contribution is -2.37. The van der Waals surface area contributed by atoms with Gasteiger partial charge in [-0.05, 0) is 30.3 Å². The zero-order valence-corrected chi connectivity index (χ0v) is 19.4. The lowest BCUT2D eigenvalue weighted by Gasteiger charge is -2.14. The zero-order chi connectivity index (χ0) is 24.1. The first-order valence-corrected chi connectivity index (χ1v) is 10.5. The highest BCUT2D eigenvalue weighted by Gasteiger charge is 2.23. The maximum Gasteiger partial charge on any atom is 0.332 e. The molecule has 2 aromatic carbocycles. The van der Waals surface area contributed by atoms with Crippen molar-refractivity contribution in [3.63, 3.8) is 0 Å². The molecule has 3 aromatic heterocycles. The summed E-state index contributed by atoms with van der Waals surface area (Å²) in [4.78, 5) is 30.3. The van der Waals surface area contributed by atoms with Crippen LogP contribution in [0.2, 0.25) is 0 Å². The van der Waals surface area contributed by atoms with Crippen LogP contribution in [0.5, 0.6) is 17.2 Å². The van der Waals surface area contributed by atoms with Gasteiger partial charge in [-0.25, -0.2) is 4.79 Å². The minimum atomic E-state index is -0.442. The molecule has 10 nitrogen and oxygen atoms in total. The summed E-state index contributed by atoms with van der Waals surface area (Å²) in [7, 11) is 7.80. The number of hydrogen-bond acceptors (Lipinski definition) is 6. The van der Waals surface area contributed by atoms with E-state index in [0.717, 1.165) is 21.5 Å². The number of benzene rings is 2. The fraction of sp³-hybridized carbons (Fsp3) is 0.208. The number of imidazole rings is 2. The Morgan fingerprint density at radius 3 is 2.24 bits per heavy atom. The van der Waals surface area contributed by atoms with Crippen LogP contribution >= 0.6 is 0 Å². The summed E-state index contributed by atoms with van der Waals surface area (Å²) in [6.45, 7) is 0. The van der Waals surface area contributed by atoms with Gasteiger partial charge in [0.15, 0.2) is 22.7 Å². The third kappa shape index (κ3) is 2.92. The lowest BCUT2D eigenvalue weighted by atomic mass is 10.1. The minimum absolute atomic E-state index is 0.297. The molecule has 0 saturated carbocycles. The maximum atomic E-state index is 13.1. The molecule has 0 spiro atoms. The van der Waals surface area contributed by atoms with Crippen molar-refractivity contribution in [2.24, 2.45) is 14.1 Å². The van der Waals surface area contributed by atoms with Gasteiger partial charge in [0.2, 0.25) is 5.78 Å². The van der Waals surface area contributed by atoms with Crippen molar-refractivity contribution in [3.8, 4) is 34.2 Å². The van der Waals surface area contributed by atoms with E-state index in [1.165, 1.54) is 11.6 Å². The summed E-state index contributed by atoms with van der Waals surface area (Å²) in [6.07, 6.45) is 1.82. The summed E-state index contributed by atoms with van der Waals surface area (Å²) in [5.41, 5.74) is 2.00. The quantitative estimate of drug-likeness (QED) is 0.399. The largest absolute Gasteiger partial charge is 0.495 e. The van der Waals surface area contributed by atoms with Crippen LogP contribution < -0.4 is 25.5 Å². The molecule has 0 radical (unpaired) electrons. The molecular weight excluding hydrogens is 438 g/mol. The van der Waals surface area contributed by atoms with Crippen LogP contribution in [0.1, 0.15) is 0 Å². The molecular formula is C24H23N5O5. The predicted molar refractivity (Wildman–Crippen MR) is 128 cm³/mol. The van der Waals surface area contributed by atoms with Crippen molar-refractivity contribution < 1.29 is 14.2 Å². The molecule has 0 atom stereocenters. The van der Waals surface area contributed by atoms with Crippen LogP contribution in [0.4, 0.5) is 0 Å². The van der Waals surface area contributed by atoms with Crippen molar-refractivity contribution in [2.45, 2.75) is 0 Å². The van der Waals surface area contributed by atoms with E-state index in [4.69, 9.17) is 19.2 Å². The van der Waals surface area contributed by atoms with Gasteiger partial charge in [-0.1, -0.05) is 12.1 Å². The van der Waals surface area contributed by atoms with Gasteiger partial charge >= 0.3 is 5.69 Å². The number of hydrogen-bond donors (Lipinski definition) is 0. The van der Waals surface area contributed by atoms with Crippen molar-refractivity contribution in [3.05, 3.63) is 69.5 Å². The summed E-state index contributed by atoms with van der Waals surface area (Å²) in [6, 6.07) is 13.1. The number of aromatic nitrogens is 5. The fourth-order valence-electron chi connectivity index (χ4n) is 4.22. The van der Waals surface area contributed by atoms with Crippen molar-refractivity contribution in [2.75, 3.05) is 21.3 Å². The number of fused-ring (bicyclic) bond motifs is 3. The van der Waals surface area contributed by atoms with Crippen molar-refractivity contribution in [1.82, 2.24) is 23.1 Å². The van der Waals surface area contributed by atoms with Gasteiger partial charge in [0.1, 0.15) is 5.75 Å². The maximum absolute atomic E-state index is 13.1. The number of ether oxygens (including phenoxy) is 3. The molecule has 0 bridgehead atoms. The standard InChI is InChI=1S/C24H23N5O5/c1-26-21-20(22(30)27(2)24(26)31)28-13-16(14-10-11-18(33-4)19(12-14)34-5)29(23(28)25-21)15-8-6-7-9-17(15)32-3/h6-13H,1-5H3. The third-order valence-corrected chi connectivity index (χ3v) is 5.97. The molecule has 0 unspecified atom stereocenters. The zero-order valence-electron chi connectivity index (χ0n) is 19.4. The predicted octanol–water partition coefficient (Wildman–Crippen LogP) is 2.37. The highest BCUT2D eigenvalue weighted by Crippen LogP contribution is 2.36. The Hall–Kier alpha value is -4.47. The van der Waals surface area contributed by atoms with E-state index in [-0.39, 0.29) is 0 Å². The van der Waals surface area contributed by atoms with E-state index in [0.29, 0.717) is 34.2 Å². The van der Waals surface area contributed by atoms with Crippen LogP contribution in [0.25, 0.3) is 33.9 Å². The van der Waals surface area contributed by atoms with E-state index < -0.39 is 11.2 Å². The number of para-hydroxylation sites is 2. The van der Waals surface area contributed by atoms with E-state index in [2.05, 4.69) is 0 Å². The Labute approximate surface area is 193 Å². The van der Waals surface area contributed by atoms with E-state index in [1.54, 1.807) is 32.8 Å². The van der Waals surface area contributed by atoms with Gasteiger partial charge in [-0.15, -0.1) is 0 Å². The first kappa shape index (κ1) is 21.4. The van der Waals surface area contributed by atoms with Gasteiger partial charge in [0.05, 0.1) is 32.7 Å². The highest BCUT2D eigenvalue weighted by molar-refractivity contribution is 5.80. The average molecular weight is 461 g/mol. The molecule has 10 heteroatoms. The normalized spacial score (nSPS) is 11.3. The third-order valence-electron chi connectivity index (χ3n) is 5.97. The summed E-state index contributed by atoms with van der Waals surface area (Å²) >= 11 is 0. The number of aryl methyl sites for hydroxylation is 1. The second kappa shape index (κ2) is 7.84. The molecule has 3 heterocycles. The molecule has 0 N–H and O–H groups in total. The molecule has 5 aromatic rings. The number of rotatable bonds is 5. The molecule has 0 fully saturated rings. The monoisotopic (exact) mass is 461 g/mol. The number of nitrogens with zero attached hydrogens (tertiary/aromatic N) is 5. The topological polar surface area (TPSA) is 93.9 Å². The molecule has 0 aliphatic carbocycles. The lowest BCUT2D eigenvalue weighted by molar-refractivity contribution is 0.355. The van der Waals surface area contributed by atoms with Crippen LogP contribution in [-0.2, 0) is 14.1 Å². The molecule has 0 aliphatic rings. The highest BCUT2D eigenvalue weighted by atomic mass is 16.5. The van der Waals surface area contributed by atoms with Crippen molar-refractivity contribution >= 4 is 16.9 Å². The Morgan fingerprint density at radius 1 is 0.824 bits per heavy atom. The van der Waals surface area contributed by atoms with Gasteiger partial charge in [0.25, 0.3) is 5.56 Å². The molecule has 5 rings (SSSR count). The second-order valence-electron chi connectivity index (χ2n) is 7.75. The van der Waals surface area contributed by atoms with Crippen LogP contribution in [-0.4, -0.2) is 44.4 Å². The molecule has 0 saturated heterocycles. The molecule has 34 heavy (non-hydrogen) atoms. The summed E-state index contributed by atoms with van der Waals surface area (Å²) in [5.74, 6) is 2.24. The van der Waals surface area contributed by atoms with Gasteiger partial charge < -0.3 is 14.2 Å². The van der Waals surface area contributed by atoms with E-state index in [1.807, 2.05) is 53.2 Å². The Morgan fingerprint density at radius 2 is 1.53 bits per heavy atom. The first-order chi connectivity index (χ1) is 16.4. The van der Waals surface area contributed by atoms with E-state index >= 15 is 0 Å². The average Bonchev–Trinajstić information content (AvgIpc) is 3.42. The second-order valence-corrected chi connectivity index (χ2v) is 7.75. The Balaban J connectivity index is 1.95. The Bertz CT molecular complexity index is 1690. The van der Waals surface area contributed by atoms with Gasteiger partial charge in [-0.2, -0.15) is 4.98 Å². The SMILES string of the molecule is COc1ccc(-c2cn3c4c(=O)n(C)c(=O)n(C)c4nc3n2-c2ccccc2OC)cc1OC. The van der Waals surface area contributed by atoms with Crippen LogP contribution in [0.15, 0.2) is 58.3 Å².